The molecule has 0 aromatic heterocycles. The van der Waals surface area contributed by atoms with E-state index in [1.165, 1.54) is 51.4 Å². The minimum absolute atomic E-state index is 0.0129. The highest BCUT2D eigenvalue weighted by molar-refractivity contribution is 8.03. The molecule has 2 aliphatic rings. The quantitative estimate of drug-likeness (QED) is 0.609. The van der Waals surface area contributed by atoms with E-state index in [0.29, 0.717) is 17.5 Å². The molecule has 4 heteroatoms. The van der Waals surface area contributed by atoms with Gasteiger partial charge in [0.25, 0.3) is 5.91 Å². The van der Waals surface area contributed by atoms with Crippen molar-refractivity contribution in [3.8, 4) is 5.40 Å². The van der Waals surface area contributed by atoms with Crippen molar-refractivity contribution in [3.05, 3.63) is 29.8 Å². The van der Waals surface area contributed by atoms with E-state index in [9.17, 15) is 4.79 Å². The van der Waals surface area contributed by atoms with Gasteiger partial charge in [0, 0.05) is 10.9 Å². The van der Waals surface area contributed by atoms with Crippen molar-refractivity contribution >= 4 is 17.7 Å². The SMILES string of the molecule is N#CSc1ccccc1C(=O)NC1CCCCC1C1CCCCC1. The molecule has 0 radical (unpaired) electrons. The number of amides is 1. The summed E-state index contributed by atoms with van der Waals surface area (Å²) in [6, 6.07) is 7.72. The van der Waals surface area contributed by atoms with Crippen LogP contribution in [0.1, 0.15) is 68.1 Å². The maximum absolute atomic E-state index is 12.8. The van der Waals surface area contributed by atoms with E-state index in [1.807, 2.05) is 24.3 Å². The van der Waals surface area contributed by atoms with E-state index in [4.69, 9.17) is 5.26 Å². The van der Waals surface area contributed by atoms with E-state index in [-0.39, 0.29) is 5.91 Å². The number of rotatable bonds is 4. The van der Waals surface area contributed by atoms with E-state index in [1.54, 1.807) is 0 Å². The van der Waals surface area contributed by atoms with Crippen LogP contribution >= 0.6 is 11.8 Å². The standard InChI is InChI=1S/C20H26N2OS/c21-14-24-19-13-7-5-11-17(19)20(23)22-18-12-6-4-10-16(18)15-8-2-1-3-9-15/h5,7,11,13,15-16,18H,1-4,6,8-10,12H2,(H,22,23). The Bertz CT molecular complexity index is 604. The van der Waals surface area contributed by atoms with Crippen LogP contribution in [-0.2, 0) is 0 Å². The molecule has 0 bridgehead atoms. The lowest BCUT2D eigenvalue weighted by atomic mass is 9.71. The van der Waals surface area contributed by atoms with Crippen LogP contribution in [0.25, 0.3) is 0 Å². The molecule has 0 spiro atoms. The van der Waals surface area contributed by atoms with Gasteiger partial charge in [0.2, 0.25) is 0 Å². The van der Waals surface area contributed by atoms with Gasteiger partial charge in [-0.3, -0.25) is 4.79 Å². The van der Waals surface area contributed by atoms with Gasteiger partial charge >= 0.3 is 0 Å². The lowest BCUT2D eigenvalue weighted by molar-refractivity contribution is 0.0856. The van der Waals surface area contributed by atoms with Gasteiger partial charge in [0.15, 0.2) is 0 Å². The second-order valence-electron chi connectivity index (χ2n) is 7.12. The van der Waals surface area contributed by atoms with Crippen LogP contribution < -0.4 is 5.32 Å². The Kier molecular flexibility index (Phi) is 6.20. The van der Waals surface area contributed by atoms with Crippen molar-refractivity contribution < 1.29 is 4.79 Å². The van der Waals surface area contributed by atoms with Gasteiger partial charge in [-0.25, -0.2) is 0 Å². The molecule has 2 atom stereocenters. The Morgan fingerprint density at radius 1 is 1.04 bits per heavy atom. The number of carbonyl (C=O) groups is 1. The maximum Gasteiger partial charge on any atom is 0.252 e. The topological polar surface area (TPSA) is 52.9 Å². The summed E-state index contributed by atoms with van der Waals surface area (Å²) in [6.45, 7) is 0. The predicted molar refractivity (Wildman–Crippen MR) is 97.7 cm³/mol. The van der Waals surface area contributed by atoms with E-state index < -0.39 is 0 Å². The molecule has 3 rings (SSSR count). The molecule has 2 unspecified atom stereocenters. The fraction of sp³-hybridized carbons (Fsp3) is 0.600. The lowest BCUT2D eigenvalue weighted by Crippen LogP contribution is -2.45. The second-order valence-corrected chi connectivity index (χ2v) is 7.94. The Morgan fingerprint density at radius 2 is 1.75 bits per heavy atom. The number of hydrogen-bond donors (Lipinski definition) is 1. The summed E-state index contributed by atoms with van der Waals surface area (Å²) >= 11 is 1.07. The van der Waals surface area contributed by atoms with Gasteiger partial charge in [-0.2, -0.15) is 5.26 Å². The number of nitriles is 1. The molecule has 3 nitrogen and oxygen atoms in total. The monoisotopic (exact) mass is 342 g/mol. The second kappa shape index (κ2) is 8.58. The molecule has 0 heterocycles. The molecule has 1 N–H and O–H groups in total. The van der Waals surface area contributed by atoms with Crippen molar-refractivity contribution in [1.82, 2.24) is 5.32 Å². The van der Waals surface area contributed by atoms with E-state index in [0.717, 1.165) is 29.0 Å². The zero-order valence-corrected chi connectivity index (χ0v) is 15.0. The fourth-order valence-corrected chi connectivity index (χ4v) is 5.02. The van der Waals surface area contributed by atoms with Crippen molar-refractivity contribution in [3.63, 3.8) is 0 Å². The predicted octanol–water partition coefficient (Wildman–Crippen LogP) is 5.13. The van der Waals surface area contributed by atoms with E-state index >= 15 is 0 Å². The first-order valence-corrected chi connectivity index (χ1v) is 10.1. The third kappa shape index (κ3) is 4.13. The number of nitrogens with zero attached hydrogens (tertiary/aromatic N) is 1. The Labute approximate surface area is 149 Å². The van der Waals surface area contributed by atoms with Crippen LogP contribution in [0.3, 0.4) is 0 Å². The minimum atomic E-state index is -0.0129. The zero-order valence-electron chi connectivity index (χ0n) is 14.2. The van der Waals surface area contributed by atoms with Crippen molar-refractivity contribution in [2.45, 2.75) is 68.7 Å². The number of carbonyl (C=O) groups excluding carboxylic acids is 1. The van der Waals surface area contributed by atoms with Crippen LogP contribution in [0.5, 0.6) is 0 Å². The summed E-state index contributed by atoms with van der Waals surface area (Å²) in [5, 5.41) is 14.3. The normalized spacial score (nSPS) is 25.0. The fourth-order valence-electron chi connectivity index (χ4n) is 4.50. The highest BCUT2D eigenvalue weighted by Gasteiger charge is 2.33. The average Bonchev–Trinajstić information content (AvgIpc) is 2.63. The van der Waals surface area contributed by atoms with Gasteiger partial charge in [-0.15, -0.1) is 0 Å². The summed E-state index contributed by atoms with van der Waals surface area (Å²) < 4.78 is 0. The van der Waals surface area contributed by atoms with Gasteiger partial charge in [-0.1, -0.05) is 57.1 Å². The molecule has 1 amide bonds. The van der Waals surface area contributed by atoms with Crippen LogP contribution in [-0.4, -0.2) is 11.9 Å². The maximum atomic E-state index is 12.8. The molecule has 2 fully saturated rings. The van der Waals surface area contributed by atoms with E-state index in [2.05, 4.69) is 10.7 Å². The van der Waals surface area contributed by atoms with Crippen LogP contribution in [0, 0.1) is 22.5 Å². The smallest absolute Gasteiger partial charge is 0.252 e. The number of thioether (sulfide) groups is 1. The molecule has 1 aromatic carbocycles. The van der Waals surface area contributed by atoms with Gasteiger partial charge in [-0.05, 0) is 48.6 Å². The number of hydrogen-bond acceptors (Lipinski definition) is 3. The summed E-state index contributed by atoms with van der Waals surface area (Å²) in [5.74, 6) is 1.41. The third-order valence-corrected chi connectivity index (χ3v) is 6.35. The van der Waals surface area contributed by atoms with Gasteiger partial charge in [0.05, 0.1) is 5.56 Å². The van der Waals surface area contributed by atoms with Crippen LogP contribution in [0.15, 0.2) is 29.2 Å². The molecule has 24 heavy (non-hydrogen) atoms. The Hall–Kier alpha value is -1.47. The van der Waals surface area contributed by atoms with Crippen molar-refractivity contribution in [1.29, 1.82) is 5.26 Å². The Morgan fingerprint density at radius 3 is 2.54 bits per heavy atom. The summed E-state index contributed by atoms with van der Waals surface area (Å²) in [7, 11) is 0. The Balaban J connectivity index is 1.71. The molecule has 2 saturated carbocycles. The van der Waals surface area contributed by atoms with Gasteiger partial charge < -0.3 is 5.32 Å². The van der Waals surface area contributed by atoms with Crippen molar-refractivity contribution in [2.75, 3.05) is 0 Å². The molecule has 1 aromatic rings. The number of benzene rings is 1. The highest BCUT2D eigenvalue weighted by atomic mass is 32.2. The summed E-state index contributed by atoms with van der Waals surface area (Å²) in [6.07, 6.45) is 11.6. The summed E-state index contributed by atoms with van der Waals surface area (Å²) in [5.41, 5.74) is 0.636. The summed E-state index contributed by atoms with van der Waals surface area (Å²) in [4.78, 5) is 13.6. The highest BCUT2D eigenvalue weighted by Crippen LogP contribution is 2.38. The molecular formula is C20H26N2OS. The minimum Gasteiger partial charge on any atom is -0.349 e. The van der Waals surface area contributed by atoms with Gasteiger partial charge in [0.1, 0.15) is 5.40 Å². The average molecular weight is 343 g/mol. The largest absolute Gasteiger partial charge is 0.349 e. The number of nitrogens with one attached hydrogen (secondary N) is 1. The van der Waals surface area contributed by atoms with Crippen LogP contribution in [0.2, 0.25) is 0 Å². The van der Waals surface area contributed by atoms with Crippen LogP contribution in [0.4, 0.5) is 0 Å². The molecule has 128 valence electrons. The first kappa shape index (κ1) is 17.4. The zero-order chi connectivity index (χ0) is 16.8. The first-order valence-electron chi connectivity index (χ1n) is 9.25. The lowest BCUT2D eigenvalue weighted by Gasteiger charge is -2.39. The first-order chi connectivity index (χ1) is 11.8. The molecule has 2 aliphatic carbocycles. The molecule has 0 aliphatic heterocycles. The number of thiocyanates is 1. The van der Waals surface area contributed by atoms with Crippen molar-refractivity contribution in [2.24, 2.45) is 11.8 Å². The molecular weight excluding hydrogens is 316 g/mol. The molecule has 0 saturated heterocycles. The third-order valence-electron chi connectivity index (χ3n) is 5.68.